The Balaban J connectivity index is 2.14. The van der Waals surface area contributed by atoms with Gasteiger partial charge < -0.3 is 9.84 Å². The van der Waals surface area contributed by atoms with Gasteiger partial charge in [-0.2, -0.15) is 0 Å². The number of nitrogens with one attached hydrogen (secondary N) is 1. The monoisotopic (exact) mass is 341 g/mol. The molecule has 0 aliphatic heterocycles. The molecule has 1 aromatic rings. The van der Waals surface area contributed by atoms with Gasteiger partial charge in [0.15, 0.2) is 0 Å². The Hall–Kier alpha value is -1.60. The summed E-state index contributed by atoms with van der Waals surface area (Å²) in [6.07, 6.45) is 2.10. The number of carboxylic acid groups (broad SMARTS) is 1. The SMILES string of the molecule is COc1cc(C)c(S(=O)(=O)NC2CCC(C(=O)O)CC2)cc1C. The van der Waals surface area contributed by atoms with E-state index in [2.05, 4.69) is 4.72 Å². The molecule has 1 aliphatic rings. The van der Waals surface area contributed by atoms with Gasteiger partial charge in [0, 0.05) is 6.04 Å². The van der Waals surface area contributed by atoms with Crippen LogP contribution in [-0.2, 0) is 14.8 Å². The van der Waals surface area contributed by atoms with Crippen LogP contribution >= 0.6 is 0 Å². The standard InChI is InChI=1S/C16H23NO5S/c1-10-9-15(11(2)8-14(10)22-3)23(20,21)17-13-6-4-12(5-7-13)16(18)19/h8-9,12-13,17H,4-7H2,1-3H3,(H,18,19). The van der Waals surface area contributed by atoms with Gasteiger partial charge in [-0.25, -0.2) is 13.1 Å². The van der Waals surface area contributed by atoms with E-state index in [0.717, 1.165) is 5.56 Å². The van der Waals surface area contributed by atoms with Gasteiger partial charge in [0.1, 0.15) is 5.75 Å². The van der Waals surface area contributed by atoms with Crippen molar-refractivity contribution in [1.29, 1.82) is 0 Å². The number of methoxy groups -OCH3 is 1. The van der Waals surface area contributed by atoms with Crippen molar-refractivity contribution in [2.75, 3.05) is 7.11 Å². The number of hydrogen-bond acceptors (Lipinski definition) is 4. The Kier molecular flexibility index (Phi) is 5.31. The molecule has 0 atom stereocenters. The fourth-order valence-corrected chi connectivity index (χ4v) is 4.63. The zero-order valence-corrected chi connectivity index (χ0v) is 14.4. The summed E-state index contributed by atoms with van der Waals surface area (Å²) in [7, 11) is -2.08. The highest BCUT2D eigenvalue weighted by molar-refractivity contribution is 7.89. The van der Waals surface area contributed by atoms with Crippen LogP contribution in [0.2, 0.25) is 0 Å². The van der Waals surface area contributed by atoms with Gasteiger partial charge >= 0.3 is 5.97 Å². The summed E-state index contributed by atoms with van der Waals surface area (Å²) in [4.78, 5) is 11.2. The smallest absolute Gasteiger partial charge is 0.306 e. The van der Waals surface area contributed by atoms with Crippen molar-refractivity contribution in [2.45, 2.75) is 50.5 Å². The molecule has 2 rings (SSSR count). The number of rotatable bonds is 5. The molecule has 23 heavy (non-hydrogen) atoms. The highest BCUT2D eigenvalue weighted by atomic mass is 32.2. The lowest BCUT2D eigenvalue weighted by molar-refractivity contribution is -0.142. The molecule has 0 aromatic heterocycles. The second-order valence-electron chi connectivity index (χ2n) is 6.10. The van der Waals surface area contributed by atoms with Crippen LogP contribution in [0, 0.1) is 19.8 Å². The molecule has 0 bridgehead atoms. The van der Waals surface area contributed by atoms with E-state index in [0.29, 0.717) is 37.0 Å². The largest absolute Gasteiger partial charge is 0.496 e. The minimum absolute atomic E-state index is 0.211. The average molecular weight is 341 g/mol. The lowest BCUT2D eigenvalue weighted by atomic mass is 9.87. The Bertz CT molecular complexity index is 691. The first-order valence-corrected chi connectivity index (χ1v) is 9.13. The number of sulfonamides is 1. The third kappa shape index (κ3) is 4.03. The van der Waals surface area contributed by atoms with E-state index in [4.69, 9.17) is 9.84 Å². The highest BCUT2D eigenvalue weighted by Gasteiger charge is 2.29. The van der Waals surface area contributed by atoms with Crippen molar-refractivity contribution >= 4 is 16.0 Å². The van der Waals surface area contributed by atoms with Crippen molar-refractivity contribution < 1.29 is 23.1 Å². The maximum Gasteiger partial charge on any atom is 0.306 e. The van der Waals surface area contributed by atoms with Crippen LogP contribution in [0.3, 0.4) is 0 Å². The van der Waals surface area contributed by atoms with E-state index in [1.165, 1.54) is 0 Å². The first kappa shape index (κ1) is 17.7. The zero-order chi connectivity index (χ0) is 17.2. The van der Waals surface area contributed by atoms with Crippen molar-refractivity contribution in [2.24, 2.45) is 5.92 Å². The number of aryl methyl sites for hydroxylation is 2. The number of benzene rings is 1. The lowest BCUT2D eigenvalue weighted by Gasteiger charge is -2.27. The summed E-state index contributed by atoms with van der Waals surface area (Å²) in [6.45, 7) is 3.53. The van der Waals surface area contributed by atoms with E-state index in [1.54, 1.807) is 33.1 Å². The van der Waals surface area contributed by atoms with Crippen LogP contribution in [0.4, 0.5) is 0 Å². The van der Waals surface area contributed by atoms with Gasteiger partial charge in [0.2, 0.25) is 10.0 Å². The second-order valence-corrected chi connectivity index (χ2v) is 7.78. The average Bonchev–Trinajstić information content (AvgIpc) is 2.49. The third-order valence-corrected chi connectivity index (χ3v) is 6.04. The van der Waals surface area contributed by atoms with E-state index in [-0.39, 0.29) is 16.9 Å². The molecule has 0 amide bonds. The molecule has 0 unspecified atom stereocenters. The van der Waals surface area contributed by atoms with Crippen molar-refractivity contribution in [3.63, 3.8) is 0 Å². The predicted molar refractivity (Wildman–Crippen MR) is 86.2 cm³/mol. The van der Waals surface area contributed by atoms with Crippen LogP contribution in [-0.4, -0.2) is 32.6 Å². The third-order valence-electron chi connectivity index (χ3n) is 4.38. The molecule has 1 saturated carbocycles. The van der Waals surface area contributed by atoms with E-state index in [9.17, 15) is 13.2 Å². The van der Waals surface area contributed by atoms with Gasteiger partial charge in [0.25, 0.3) is 0 Å². The molecule has 6 nitrogen and oxygen atoms in total. The summed E-state index contributed by atoms with van der Waals surface area (Å²) in [5, 5.41) is 9.00. The summed E-state index contributed by atoms with van der Waals surface area (Å²) in [5.41, 5.74) is 1.38. The molecule has 0 saturated heterocycles. The fourth-order valence-electron chi connectivity index (χ4n) is 3.01. The maximum absolute atomic E-state index is 12.6. The number of carboxylic acids is 1. The van der Waals surface area contributed by atoms with E-state index >= 15 is 0 Å². The van der Waals surface area contributed by atoms with Gasteiger partial charge in [-0.05, 0) is 62.8 Å². The molecular weight excluding hydrogens is 318 g/mol. The molecule has 7 heteroatoms. The predicted octanol–water partition coefficient (Wildman–Crippen LogP) is 2.23. The number of carbonyl (C=O) groups is 1. The van der Waals surface area contributed by atoms with Crippen molar-refractivity contribution in [3.05, 3.63) is 23.3 Å². The first-order valence-electron chi connectivity index (χ1n) is 7.65. The summed E-state index contributed by atoms with van der Waals surface area (Å²) >= 11 is 0. The molecule has 0 spiro atoms. The Labute approximate surface area is 136 Å². The molecule has 1 aromatic carbocycles. The maximum atomic E-state index is 12.6. The quantitative estimate of drug-likeness (QED) is 0.857. The molecular formula is C16H23NO5S. The van der Waals surface area contributed by atoms with Gasteiger partial charge in [0.05, 0.1) is 17.9 Å². The zero-order valence-electron chi connectivity index (χ0n) is 13.6. The van der Waals surface area contributed by atoms with Crippen molar-refractivity contribution in [1.82, 2.24) is 4.72 Å². The summed E-state index contributed by atoms with van der Waals surface area (Å²) in [6, 6.07) is 3.11. The summed E-state index contributed by atoms with van der Waals surface area (Å²) < 4.78 is 33.2. The molecule has 128 valence electrons. The Morgan fingerprint density at radius 2 is 1.78 bits per heavy atom. The van der Waals surface area contributed by atoms with Gasteiger partial charge in [-0.3, -0.25) is 4.79 Å². The molecule has 0 radical (unpaired) electrons. The summed E-state index contributed by atoms with van der Waals surface area (Å²) in [5.74, 6) is -0.503. The number of ether oxygens (including phenoxy) is 1. The van der Waals surface area contributed by atoms with Gasteiger partial charge in [-0.15, -0.1) is 0 Å². The van der Waals surface area contributed by atoms with Crippen molar-refractivity contribution in [3.8, 4) is 5.75 Å². The molecule has 1 fully saturated rings. The van der Waals surface area contributed by atoms with Crippen LogP contribution in [0.25, 0.3) is 0 Å². The lowest BCUT2D eigenvalue weighted by Crippen LogP contribution is -2.38. The number of aliphatic carboxylic acids is 1. The molecule has 0 heterocycles. The fraction of sp³-hybridized carbons (Fsp3) is 0.562. The minimum atomic E-state index is -3.63. The van der Waals surface area contributed by atoms with Crippen LogP contribution in [0.5, 0.6) is 5.75 Å². The van der Waals surface area contributed by atoms with Crippen LogP contribution < -0.4 is 9.46 Å². The second kappa shape index (κ2) is 6.88. The van der Waals surface area contributed by atoms with E-state index in [1.807, 2.05) is 0 Å². The molecule has 2 N–H and O–H groups in total. The highest BCUT2D eigenvalue weighted by Crippen LogP contribution is 2.28. The molecule has 1 aliphatic carbocycles. The Morgan fingerprint density at radius 1 is 1.17 bits per heavy atom. The topological polar surface area (TPSA) is 92.7 Å². The van der Waals surface area contributed by atoms with Crippen LogP contribution in [0.15, 0.2) is 17.0 Å². The Morgan fingerprint density at radius 3 is 2.30 bits per heavy atom. The van der Waals surface area contributed by atoms with Gasteiger partial charge in [-0.1, -0.05) is 0 Å². The normalized spacial score (nSPS) is 21.9. The number of hydrogen-bond donors (Lipinski definition) is 2. The van der Waals surface area contributed by atoms with Crippen LogP contribution in [0.1, 0.15) is 36.8 Å². The van der Waals surface area contributed by atoms with E-state index < -0.39 is 16.0 Å². The first-order chi connectivity index (χ1) is 10.7. The minimum Gasteiger partial charge on any atom is -0.496 e.